The Kier molecular flexibility index (Phi) is 7.22. The van der Waals surface area contributed by atoms with E-state index in [0.717, 1.165) is 12.8 Å². The fourth-order valence-corrected chi connectivity index (χ4v) is 2.76. The first-order valence-corrected chi connectivity index (χ1v) is 9.28. The van der Waals surface area contributed by atoms with E-state index in [0.29, 0.717) is 17.8 Å². The lowest BCUT2D eigenvalue weighted by molar-refractivity contribution is 0.252. The highest BCUT2D eigenvalue weighted by atomic mass is 32.2. The Morgan fingerprint density at radius 3 is 2.62 bits per heavy atom. The van der Waals surface area contributed by atoms with Crippen LogP contribution in [0.2, 0.25) is 0 Å². The van der Waals surface area contributed by atoms with Gasteiger partial charge in [-0.15, -0.1) is 0 Å². The van der Waals surface area contributed by atoms with Crippen LogP contribution >= 0.6 is 0 Å². The molecule has 0 spiro atoms. The van der Waals surface area contributed by atoms with Gasteiger partial charge in [0.05, 0.1) is 5.75 Å². The van der Waals surface area contributed by atoms with Crippen LogP contribution in [-0.2, 0) is 15.6 Å². The number of rotatable bonds is 8. The van der Waals surface area contributed by atoms with Crippen LogP contribution in [0.4, 0.5) is 10.5 Å². The molecule has 21 heavy (non-hydrogen) atoms. The maximum Gasteiger partial charge on any atom is 0.319 e. The van der Waals surface area contributed by atoms with Crippen molar-refractivity contribution in [3.8, 4) is 0 Å². The van der Waals surface area contributed by atoms with Gasteiger partial charge >= 0.3 is 6.03 Å². The van der Waals surface area contributed by atoms with Crippen molar-refractivity contribution < 1.29 is 13.2 Å². The molecule has 2 amide bonds. The van der Waals surface area contributed by atoms with Gasteiger partial charge in [0.15, 0.2) is 9.84 Å². The largest absolute Gasteiger partial charge is 0.338 e. The smallest absolute Gasteiger partial charge is 0.319 e. The average Bonchev–Trinajstić information content (AvgIpc) is 2.37. The lowest BCUT2D eigenvalue weighted by Crippen LogP contribution is -2.29. The Morgan fingerprint density at radius 2 is 1.95 bits per heavy atom. The first kappa shape index (κ1) is 17.5. The molecule has 1 aromatic carbocycles. The quantitative estimate of drug-likeness (QED) is 0.725. The highest BCUT2D eigenvalue weighted by molar-refractivity contribution is 7.89. The molecule has 0 atom stereocenters. The zero-order valence-corrected chi connectivity index (χ0v) is 13.5. The maximum atomic E-state index is 11.7. The number of nitrogens with one attached hydrogen (secondary N) is 2. The summed E-state index contributed by atoms with van der Waals surface area (Å²) < 4.78 is 22.5. The summed E-state index contributed by atoms with van der Waals surface area (Å²) in [5.41, 5.74) is 1.26. The summed E-state index contributed by atoms with van der Waals surface area (Å²) in [5.74, 6) is -0.0266. The molecule has 0 bridgehead atoms. The molecule has 2 N–H and O–H groups in total. The van der Waals surface area contributed by atoms with Crippen molar-refractivity contribution in [1.29, 1.82) is 0 Å². The van der Waals surface area contributed by atoms with Crippen LogP contribution in [0.25, 0.3) is 0 Å². The Morgan fingerprint density at radius 1 is 1.19 bits per heavy atom. The molecule has 0 aliphatic rings. The third kappa shape index (κ3) is 8.34. The zero-order valence-electron chi connectivity index (χ0n) is 12.7. The van der Waals surface area contributed by atoms with Crippen LogP contribution in [0.15, 0.2) is 24.3 Å². The van der Waals surface area contributed by atoms with Crippen molar-refractivity contribution >= 4 is 21.6 Å². The number of carbonyl (C=O) groups excluding carboxylic acids is 1. The van der Waals surface area contributed by atoms with Gasteiger partial charge < -0.3 is 10.6 Å². The number of carbonyl (C=O) groups is 1. The minimum atomic E-state index is -3.07. The molecule has 0 saturated heterocycles. The van der Waals surface area contributed by atoms with Gasteiger partial charge in [0.25, 0.3) is 0 Å². The van der Waals surface area contributed by atoms with Gasteiger partial charge in [0, 0.05) is 18.5 Å². The van der Waals surface area contributed by atoms with E-state index < -0.39 is 9.84 Å². The van der Waals surface area contributed by atoms with Crippen molar-refractivity contribution in [3.63, 3.8) is 0 Å². The Bertz CT molecular complexity index is 556. The topological polar surface area (TPSA) is 75.3 Å². The van der Waals surface area contributed by atoms with Crippen LogP contribution in [0.1, 0.15) is 38.2 Å². The summed E-state index contributed by atoms with van der Waals surface area (Å²) in [6.07, 6.45) is 5.61. The van der Waals surface area contributed by atoms with E-state index in [4.69, 9.17) is 0 Å². The van der Waals surface area contributed by atoms with Crippen molar-refractivity contribution in [1.82, 2.24) is 5.32 Å². The van der Waals surface area contributed by atoms with Crippen LogP contribution < -0.4 is 10.6 Å². The molecule has 1 rings (SSSR count). The van der Waals surface area contributed by atoms with Crippen LogP contribution in [-0.4, -0.2) is 27.2 Å². The summed E-state index contributed by atoms with van der Waals surface area (Å²) in [6.45, 7) is 2.79. The molecular weight excluding hydrogens is 288 g/mol. The fourth-order valence-electron chi connectivity index (χ4n) is 1.97. The minimum absolute atomic E-state index is 0.0266. The summed E-state index contributed by atoms with van der Waals surface area (Å²) in [6, 6.07) is 6.62. The van der Waals surface area contributed by atoms with Gasteiger partial charge in [0.2, 0.25) is 0 Å². The monoisotopic (exact) mass is 312 g/mol. The molecule has 0 unspecified atom stereocenters. The van der Waals surface area contributed by atoms with E-state index in [9.17, 15) is 13.2 Å². The molecule has 0 aliphatic carbocycles. The number of anilines is 1. The number of benzene rings is 1. The number of unbranched alkanes of at least 4 members (excludes halogenated alkanes) is 3. The van der Waals surface area contributed by atoms with Gasteiger partial charge in [0.1, 0.15) is 0 Å². The van der Waals surface area contributed by atoms with E-state index in [1.165, 1.54) is 19.1 Å². The molecule has 118 valence electrons. The van der Waals surface area contributed by atoms with Gasteiger partial charge in [-0.25, -0.2) is 13.2 Å². The minimum Gasteiger partial charge on any atom is -0.338 e. The van der Waals surface area contributed by atoms with Crippen LogP contribution in [0, 0.1) is 0 Å². The van der Waals surface area contributed by atoms with Crippen LogP contribution in [0.3, 0.4) is 0 Å². The SMILES string of the molecule is CCCCCCNC(=O)Nc1cccc(CS(C)(=O)=O)c1. The molecule has 0 aromatic heterocycles. The summed E-state index contributed by atoms with van der Waals surface area (Å²) in [5, 5.41) is 5.50. The number of urea groups is 1. The first-order valence-electron chi connectivity index (χ1n) is 7.22. The van der Waals surface area contributed by atoms with Crippen molar-refractivity contribution in [2.24, 2.45) is 0 Å². The summed E-state index contributed by atoms with van der Waals surface area (Å²) in [4.78, 5) is 11.7. The predicted octanol–water partition coefficient (Wildman–Crippen LogP) is 2.93. The van der Waals surface area contributed by atoms with E-state index in [1.807, 2.05) is 0 Å². The molecular formula is C15H24N2O3S. The molecule has 0 fully saturated rings. The van der Waals surface area contributed by atoms with E-state index in [-0.39, 0.29) is 11.8 Å². The van der Waals surface area contributed by atoms with E-state index >= 15 is 0 Å². The molecule has 0 saturated carbocycles. The first-order chi connectivity index (χ1) is 9.90. The number of sulfone groups is 1. The van der Waals surface area contributed by atoms with Crippen molar-refractivity contribution in [2.45, 2.75) is 38.4 Å². The maximum absolute atomic E-state index is 11.7. The van der Waals surface area contributed by atoms with Gasteiger partial charge in [-0.2, -0.15) is 0 Å². The van der Waals surface area contributed by atoms with Crippen molar-refractivity contribution in [3.05, 3.63) is 29.8 Å². The van der Waals surface area contributed by atoms with Gasteiger partial charge in [-0.3, -0.25) is 0 Å². The normalized spacial score (nSPS) is 11.1. The van der Waals surface area contributed by atoms with E-state index in [2.05, 4.69) is 17.6 Å². The van der Waals surface area contributed by atoms with Crippen molar-refractivity contribution in [2.75, 3.05) is 18.1 Å². The second kappa shape index (κ2) is 8.67. The van der Waals surface area contributed by atoms with Gasteiger partial charge in [-0.1, -0.05) is 38.3 Å². The van der Waals surface area contributed by atoms with Gasteiger partial charge in [-0.05, 0) is 24.1 Å². The Hall–Kier alpha value is -1.56. The second-order valence-electron chi connectivity index (χ2n) is 5.21. The zero-order chi connectivity index (χ0) is 15.7. The number of amides is 2. The summed E-state index contributed by atoms with van der Waals surface area (Å²) in [7, 11) is -3.07. The fraction of sp³-hybridized carbons (Fsp3) is 0.533. The molecule has 5 nitrogen and oxygen atoms in total. The third-order valence-corrected chi connectivity index (χ3v) is 3.79. The second-order valence-corrected chi connectivity index (χ2v) is 7.35. The highest BCUT2D eigenvalue weighted by Gasteiger charge is 2.06. The highest BCUT2D eigenvalue weighted by Crippen LogP contribution is 2.12. The Balaban J connectivity index is 2.43. The standard InChI is InChI=1S/C15H24N2O3S/c1-3-4-5-6-10-16-15(18)17-14-9-7-8-13(11-14)12-21(2,19)20/h7-9,11H,3-6,10,12H2,1-2H3,(H2,16,17,18). The van der Waals surface area contributed by atoms with Crippen LogP contribution in [0.5, 0.6) is 0 Å². The summed E-state index contributed by atoms with van der Waals surface area (Å²) >= 11 is 0. The molecule has 0 aliphatic heterocycles. The molecule has 0 heterocycles. The van der Waals surface area contributed by atoms with E-state index in [1.54, 1.807) is 24.3 Å². The lowest BCUT2D eigenvalue weighted by atomic mass is 10.2. The predicted molar refractivity (Wildman–Crippen MR) is 86.2 cm³/mol. The number of hydrogen-bond donors (Lipinski definition) is 2. The number of hydrogen-bond acceptors (Lipinski definition) is 3. The Labute approximate surface area is 127 Å². The molecule has 1 aromatic rings. The molecule has 6 heteroatoms. The third-order valence-electron chi connectivity index (χ3n) is 2.93. The lowest BCUT2D eigenvalue weighted by Gasteiger charge is -2.08. The average molecular weight is 312 g/mol. The molecule has 0 radical (unpaired) electrons.